The number of rotatable bonds is 6. The second-order valence-electron chi connectivity index (χ2n) is 17.5. The molecule has 0 nitrogen and oxygen atoms in total. The van der Waals surface area contributed by atoms with Crippen molar-refractivity contribution in [3.05, 3.63) is 276 Å². The molecule has 0 saturated carbocycles. The van der Waals surface area contributed by atoms with E-state index < -0.39 is 0 Å². The summed E-state index contributed by atoms with van der Waals surface area (Å²) >= 11 is 0. The third-order valence-corrected chi connectivity index (χ3v) is 13.2. The molecule has 418 valence electrons. The first kappa shape index (κ1) is 68.3. The third kappa shape index (κ3) is 17.4. The molecule has 0 bridgehead atoms. The predicted molar refractivity (Wildman–Crippen MR) is 368 cm³/mol. The average molecular weight is 1060 g/mol. The monoisotopic (exact) mass is 1060 g/mol. The van der Waals surface area contributed by atoms with Crippen LogP contribution in [0.3, 0.4) is 0 Å². The minimum absolute atomic E-state index is 0.506. The quantitative estimate of drug-likeness (QED) is 0.115. The maximum Gasteiger partial charge on any atom is 0.0160 e. The van der Waals surface area contributed by atoms with Crippen molar-refractivity contribution >= 4 is 59.9 Å². The van der Waals surface area contributed by atoms with E-state index >= 15 is 0 Å². The van der Waals surface area contributed by atoms with Crippen LogP contribution in [0.1, 0.15) is 151 Å². The van der Waals surface area contributed by atoms with Gasteiger partial charge in [-0.15, -0.1) is 5.73 Å². The largest absolute Gasteiger partial charge is 0.117 e. The Morgan fingerprint density at radius 3 is 1.48 bits per heavy atom. The third-order valence-electron chi connectivity index (χ3n) is 13.2. The molecule has 80 heavy (non-hydrogen) atoms. The van der Waals surface area contributed by atoms with Gasteiger partial charge in [0.2, 0.25) is 0 Å². The van der Waals surface area contributed by atoms with E-state index in [0.717, 1.165) is 12.8 Å². The fraction of sp³-hybridized carbons (Fsp3) is 0.263. The van der Waals surface area contributed by atoms with E-state index in [4.69, 9.17) is 0 Å². The van der Waals surface area contributed by atoms with Gasteiger partial charge in [-0.1, -0.05) is 334 Å². The van der Waals surface area contributed by atoms with Gasteiger partial charge in [0.1, 0.15) is 0 Å². The smallest absolute Gasteiger partial charge is 0.0160 e. The first-order chi connectivity index (χ1) is 39.5. The van der Waals surface area contributed by atoms with Gasteiger partial charge in [0.05, 0.1) is 0 Å². The maximum atomic E-state index is 3.51. The fourth-order valence-electron chi connectivity index (χ4n) is 10.1. The summed E-state index contributed by atoms with van der Waals surface area (Å²) in [5.41, 5.74) is 13.0. The topological polar surface area (TPSA) is 0 Å². The Morgan fingerprint density at radius 1 is 0.500 bits per heavy atom. The lowest BCUT2D eigenvalue weighted by atomic mass is 9.89. The molecule has 0 heteroatoms. The van der Waals surface area contributed by atoms with Crippen LogP contribution in [0.2, 0.25) is 0 Å². The number of hydrogen-bond donors (Lipinski definition) is 0. The van der Waals surface area contributed by atoms with Gasteiger partial charge in [-0.2, -0.15) is 0 Å². The second kappa shape index (κ2) is 39.6. The van der Waals surface area contributed by atoms with E-state index in [0.29, 0.717) is 11.8 Å². The van der Waals surface area contributed by atoms with Gasteiger partial charge in [-0.25, -0.2) is 0 Å². The van der Waals surface area contributed by atoms with Gasteiger partial charge in [0.25, 0.3) is 0 Å². The minimum Gasteiger partial charge on any atom is -0.117 e. The highest BCUT2D eigenvalue weighted by Gasteiger charge is 2.26. The van der Waals surface area contributed by atoms with Crippen LogP contribution >= 0.6 is 0 Å². The molecule has 0 radical (unpaired) electrons. The average Bonchev–Trinajstić information content (AvgIpc) is 4.32. The molecule has 2 aliphatic carbocycles. The summed E-state index contributed by atoms with van der Waals surface area (Å²) in [6, 6.07) is 64.3. The number of allylic oxidation sites excluding steroid dienone is 8. The predicted octanol–water partition coefficient (Wildman–Crippen LogP) is 24.8. The van der Waals surface area contributed by atoms with Crippen LogP contribution in [-0.2, 0) is 0 Å². The van der Waals surface area contributed by atoms with Crippen LogP contribution in [0.25, 0.3) is 71.1 Å². The molecule has 0 N–H and O–H groups in total. The number of fused-ring (bicyclic) bond motifs is 6. The van der Waals surface area contributed by atoms with E-state index in [1.807, 2.05) is 193 Å². The highest BCUT2D eigenvalue weighted by molar-refractivity contribution is 6.39. The van der Waals surface area contributed by atoms with Crippen molar-refractivity contribution in [3.8, 4) is 11.1 Å². The van der Waals surface area contributed by atoms with Crippen molar-refractivity contribution in [2.75, 3.05) is 0 Å². The molecule has 12 rings (SSSR count). The van der Waals surface area contributed by atoms with Crippen molar-refractivity contribution in [3.63, 3.8) is 0 Å². The zero-order valence-electron chi connectivity index (χ0n) is 52.3. The summed E-state index contributed by atoms with van der Waals surface area (Å²) in [6.07, 6.45) is 20.5. The van der Waals surface area contributed by atoms with Gasteiger partial charge >= 0.3 is 0 Å². The van der Waals surface area contributed by atoms with Crippen LogP contribution in [0.4, 0.5) is 0 Å². The van der Waals surface area contributed by atoms with Crippen molar-refractivity contribution in [1.29, 1.82) is 0 Å². The number of hydrogen-bond acceptors (Lipinski definition) is 0. The van der Waals surface area contributed by atoms with E-state index in [9.17, 15) is 0 Å². The standard InChI is InChI=1S/C35H26.C14H14.C7H10.2C6H6.6C2H6/c1-19-15-17-27-30-21(3)29-25-13-7-11-23-20(2)16-18-28(32(23)25)35(29)31(22-9-5-4-6-10-22)34(30)26-14-8-12-24(19)33(26)27;1-2-14(13-10-6-7-11-13)12-8-4-3-5-9-12;1-3-5-7-6-4-2;2*1-2-4-6-5-3-1;6*1-2/h4-14,16-19H,15H2,1-3H3;3-10,14H,2H2,1H3;3-7H,1H2,2H3;2*1-6H;6*1-2H3/b;;6-4-,7-5-;;;;;;;;. The van der Waals surface area contributed by atoms with Crippen molar-refractivity contribution < 1.29 is 0 Å². The molecule has 0 aromatic heterocycles. The Hall–Kier alpha value is -7.76. The lowest BCUT2D eigenvalue weighted by Gasteiger charge is -2.15. The Bertz CT molecular complexity index is 3390. The Labute approximate surface area is 486 Å². The molecule has 0 heterocycles. The van der Waals surface area contributed by atoms with Crippen LogP contribution in [0.5, 0.6) is 0 Å². The molecule has 0 amide bonds. The summed E-state index contributed by atoms with van der Waals surface area (Å²) in [4.78, 5) is 0. The van der Waals surface area contributed by atoms with Gasteiger partial charge in [0, 0.05) is 11.5 Å². The van der Waals surface area contributed by atoms with E-state index in [2.05, 4.69) is 167 Å². The number of aryl methyl sites for hydroxylation is 2. The van der Waals surface area contributed by atoms with Crippen LogP contribution < -0.4 is 5.22 Å². The lowest BCUT2D eigenvalue weighted by Crippen LogP contribution is -2.09. The zero-order valence-corrected chi connectivity index (χ0v) is 52.3. The Kier molecular flexibility index (Phi) is 33.8. The molecule has 0 spiro atoms. The molecule has 0 fully saturated rings. The molecule has 0 saturated heterocycles. The van der Waals surface area contributed by atoms with Crippen LogP contribution in [0.15, 0.2) is 248 Å². The molecule has 2 unspecified atom stereocenters. The second-order valence-corrected chi connectivity index (χ2v) is 17.5. The minimum atomic E-state index is 0.506. The van der Waals surface area contributed by atoms with E-state index in [-0.39, 0.29) is 0 Å². The molecular weight excluding hydrogens is 961 g/mol. The molecular formula is C80H98. The van der Waals surface area contributed by atoms with Crippen molar-refractivity contribution in [1.82, 2.24) is 0 Å². The molecule has 2 atom stereocenters. The molecule has 10 aromatic carbocycles. The summed E-state index contributed by atoms with van der Waals surface area (Å²) < 4.78 is 0. The molecule has 2 aliphatic rings. The summed E-state index contributed by atoms with van der Waals surface area (Å²) in [7, 11) is 0. The highest BCUT2D eigenvalue weighted by atomic mass is 14.3. The normalized spacial score (nSPS) is 12.2. The summed E-state index contributed by atoms with van der Waals surface area (Å²) in [5.74, 6) is 1.07. The Morgan fingerprint density at radius 2 is 0.975 bits per heavy atom. The summed E-state index contributed by atoms with van der Waals surface area (Å²) in [6.45, 7) is 38.7. The van der Waals surface area contributed by atoms with E-state index in [1.165, 1.54) is 98.0 Å². The van der Waals surface area contributed by atoms with Crippen molar-refractivity contribution in [2.45, 2.75) is 142 Å². The number of benzene rings is 8. The fourth-order valence-corrected chi connectivity index (χ4v) is 10.1. The first-order valence-corrected chi connectivity index (χ1v) is 30.2. The molecule has 0 aliphatic heterocycles. The Balaban J connectivity index is 0.000000400. The van der Waals surface area contributed by atoms with Gasteiger partial charge in [0.15, 0.2) is 0 Å². The summed E-state index contributed by atoms with van der Waals surface area (Å²) in [5, 5.41) is 15.7. The van der Waals surface area contributed by atoms with Gasteiger partial charge in [-0.05, 0) is 138 Å². The van der Waals surface area contributed by atoms with Crippen LogP contribution in [-0.4, -0.2) is 0 Å². The van der Waals surface area contributed by atoms with Crippen LogP contribution in [0, 0.1) is 13.8 Å². The van der Waals surface area contributed by atoms with Gasteiger partial charge < -0.3 is 0 Å². The first-order valence-electron chi connectivity index (χ1n) is 30.2. The highest BCUT2D eigenvalue weighted by Crippen LogP contribution is 2.50. The van der Waals surface area contributed by atoms with Gasteiger partial charge in [-0.3, -0.25) is 0 Å². The van der Waals surface area contributed by atoms with E-state index in [1.54, 1.807) is 6.08 Å². The zero-order chi connectivity index (χ0) is 59.2. The lowest BCUT2D eigenvalue weighted by molar-refractivity contribution is 0.779. The SMILES string of the molecule is C=C/C=C\C=C/C.CC.CC.CC.CC.CC.CC.CCC(C1=C=CC=C1)c1ccccc1.Cc1ccc2c3c(-c4ccccc4)c4c(c(C)c3c3cccc1c32)c1c2c(cccc24)C(C)CC=1.c1ccccc1.c1ccccc1. The maximum absolute atomic E-state index is 3.51. The molecule has 10 aromatic rings. The van der Waals surface area contributed by atoms with Crippen molar-refractivity contribution in [2.24, 2.45) is 0 Å².